The van der Waals surface area contributed by atoms with Crippen LogP contribution in [0.5, 0.6) is 0 Å². The van der Waals surface area contributed by atoms with Crippen LogP contribution < -0.4 is 10.6 Å². The molecule has 0 aromatic carbocycles. The minimum atomic E-state index is -0.450. The number of furan rings is 1. The summed E-state index contributed by atoms with van der Waals surface area (Å²) in [4.78, 5) is 11.8. The lowest BCUT2D eigenvalue weighted by molar-refractivity contribution is 0.0489. The Labute approximate surface area is 154 Å². The Morgan fingerprint density at radius 1 is 1.26 bits per heavy atom. The second-order valence-electron chi connectivity index (χ2n) is 6.91. The van der Waals surface area contributed by atoms with Gasteiger partial charge < -0.3 is 19.8 Å². The van der Waals surface area contributed by atoms with Gasteiger partial charge in [-0.1, -0.05) is 0 Å². The molecule has 0 unspecified atom stereocenters. The fraction of sp³-hybridized carbons (Fsp3) is 0.688. The van der Waals surface area contributed by atoms with E-state index in [-0.39, 0.29) is 12.1 Å². The predicted molar refractivity (Wildman–Crippen MR) is 96.4 cm³/mol. The summed E-state index contributed by atoms with van der Waals surface area (Å²) in [6.07, 6.45) is 3.66. The average molecular weight is 452 g/mol. The van der Waals surface area contributed by atoms with Gasteiger partial charge in [0.05, 0.1) is 11.0 Å². The van der Waals surface area contributed by atoms with E-state index >= 15 is 0 Å². The third-order valence-corrected chi connectivity index (χ3v) is 5.42. The van der Waals surface area contributed by atoms with E-state index in [1.165, 1.54) is 0 Å². The topological polar surface area (TPSA) is 63.5 Å². The molecule has 0 saturated heterocycles. The standard InChI is InChI=1S/C16H24Br2N2O3/c1-16(2,3)23-15(21)20-11-6-4-10(5-7-11)19-9-12-8-13(17)14(18)22-12/h8,10-11,19H,4-7,9H2,1-3H3,(H,20,21). The Bertz CT molecular complexity index is 512. The SMILES string of the molecule is CC(C)(C)OC(=O)NC1CCC(NCc2cc(Br)c(Br)o2)CC1. The zero-order valence-corrected chi connectivity index (χ0v) is 16.9. The van der Waals surface area contributed by atoms with Gasteiger partial charge in [0.2, 0.25) is 0 Å². The molecular weight excluding hydrogens is 428 g/mol. The largest absolute Gasteiger partial charge is 0.452 e. The molecule has 0 spiro atoms. The van der Waals surface area contributed by atoms with Crippen LogP contribution >= 0.6 is 31.9 Å². The average Bonchev–Trinajstić information content (AvgIpc) is 2.75. The normalized spacial score (nSPS) is 22.0. The Morgan fingerprint density at radius 2 is 1.87 bits per heavy atom. The first kappa shape index (κ1) is 18.8. The molecule has 0 atom stereocenters. The summed E-state index contributed by atoms with van der Waals surface area (Å²) in [6.45, 7) is 6.33. The van der Waals surface area contributed by atoms with E-state index in [9.17, 15) is 4.79 Å². The summed E-state index contributed by atoms with van der Waals surface area (Å²) in [5.74, 6) is 0.901. The number of ether oxygens (including phenoxy) is 1. The summed E-state index contributed by atoms with van der Waals surface area (Å²) in [7, 11) is 0. The van der Waals surface area contributed by atoms with Crippen LogP contribution in [-0.2, 0) is 11.3 Å². The first-order valence-electron chi connectivity index (χ1n) is 7.89. The summed E-state index contributed by atoms with van der Waals surface area (Å²) >= 11 is 6.75. The van der Waals surface area contributed by atoms with Crippen molar-refractivity contribution in [2.45, 2.75) is 70.7 Å². The molecule has 23 heavy (non-hydrogen) atoms. The second-order valence-corrected chi connectivity index (χ2v) is 8.48. The molecule has 7 heteroatoms. The molecular formula is C16H24Br2N2O3. The number of rotatable bonds is 4. The summed E-state index contributed by atoms with van der Waals surface area (Å²) in [6, 6.07) is 2.62. The van der Waals surface area contributed by atoms with Crippen molar-refractivity contribution in [3.8, 4) is 0 Å². The van der Waals surface area contributed by atoms with E-state index in [4.69, 9.17) is 9.15 Å². The van der Waals surface area contributed by atoms with Crippen molar-refractivity contribution >= 4 is 38.0 Å². The fourth-order valence-electron chi connectivity index (χ4n) is 2.64. The van der Waals surface area contributed by atoms with Gasteiger partial charge in [-0.05, 0) is 84.4 Å². The Hall–Kier alpha value is -0.530. The molecule has 0 aliphatic heterocycles. The third kappa shape index (κ3) is 6.47. The molecule has 1 saturated carbocycles. The highest BCUT2D eigenvalue weighted by molar-refractivity contribution is 9.13. The second kappa shape index (κ2) is 8.03. The zero-order chi connectivity index (χ0) is 17.0. The number of amides is 1. The van der Waals surface area contributed by atoms with Gasteiger partial charge in [-0.25, -0.2) is 4.79 Å². The Kier molecular flexibility index (Phi) is 6.57. The van der Waals surface area contributed by atoms with E-state index in [0.717, 1.165) is 40.6 Å². The van der Waals surface area contributed by atoms with E-state index in [1.54, 1.807) is 0 Å². The molecule has 1 heterocycles. The van der Waals surface area contributed by atoms with Crippen molar-refractivity contribution in [3.05, 3.63) is 21.0 Å². The van der Waals surface area contributed by atoms with Gasteiger partial charge in [0, 0.05) is 12.1 Å². The highest BCUT2D eigenvalue weighted by Crippen LogP contribution is 2.27. The first-order valence-corrected chi connectivity index (χ1v) is 9.48. The van der Waals surface area contributed by atoms with E-state index in [2.05, 4.69) is 42.5 Å². The van der Waals surface area contributed by atoms with Crippen LogP contribution in [0.15, 0.2) is 19.6 Å². The molecule has 0 radical (unpaired) electrons. The van der Waals surface area contributed by atoms with Crippen LogP contribution in [-0.4, -0.2) is 23.8 Å². The molecule has 0 bridgehead atoms. The van der Waals surface area contributed by atoms with Gasteiger partial charge in [0.15, 0.2) is 4.67 Å². The van der Waals surface area contributed by atoms with Gasteiger partial charge in [-0.2, -0.15) is 0 Å². The van der Waals surface area contributed by atoms with Gasteiger partial charge in [-0.3, -0.25) is 0 Å². The number of carbonyl (C=O) groups is 1. The molecule has 1 amide bonds. The zero-order valence-electron chi connectivity index (χ0n) is 13.7. The van der Waals surface area contributed by atoms with Crippen molar-refractivity contribution in [1.29, 1.82) is 0 Å². The lowest BCUT2D eigenvalue weighted by atomic mass is 9.91. The lowest BCUT2D eigenvalue weighted by Crippen LogP contribution is -2.43. The van der Waals surface area contributed by atoms with Crippen LogP contribution in [0.3, 0.4) is 0 Å². The fourth-order valence-corrected chi connectivity index (χ4v) is 3.30. The Balaban J connectivity index is 1.68. The summed E-state index contributed by atoms with van der Waals surface area (Å²) in [5, 5.41) is 6.47. The smallest absolute Gasteiger partial charge is 0.407 e. The van der Waals surface area contributed by atoms with Gasteiger partial charge in [0.25, 0.3) is 0 Å². The molecule has 1 aliphatic rings. The first-order chi connectivity index (χ1) is 10.7. The van der Waals surface area contributed by atoms with Gasteiger partial charge in [0.1, 0.15) is 11.4 Å². The highest BCUT2D eigenvalue weighted by Gasteiger charge is 2.24. The molecule has 1 fully saturated rings. The number of nitrogens with one attached hydrogen (secondary N) is 2. The maximum Gasteiger partial charge on any atom is 0.407 e. The number of hydrogen-bond donors (Lipinski definition) is 2. The van der Waals surface area contributed by atoms with Crippen molar-refractivity contribution in [3.63, 3.8) is 0 Å². The monoisotopic (exact) mass is 450 g/mol. The number of halogens is 2. The van der Waals surface area contributed by atoms with Crippen LogP contribution in [0.2, 0.25) is 0 Å². The minimum absolute atomic E-state index is 0.204. The maximum absolute atomic E-state index is 11.8. The van der Waals surface area contributed by atoms with E-state index in [0.29, 0.717) is 12.6 Å². The highest BCUT2D eigenvalue weighted by atomic mass is 79.9. The summed E-state index contributed by atoms with van der Waals surface area (Å²) < 4.78 is 12.5. The Morgan fingerprint density at radius 3 is 2.39 bits per heavy atom. The third-order valence-electron chi connectivity index (χ3n) is 3.71. The van der Waals surface area contributed by atoms with Crippen LogP contribution in [0.4, 0.5) is 4.79 Å². The van der Waals surface area contributed by atoms with E-state index in [1.807, 2.05) is 26.8 Å². The molecule has 2 N–H and O–H groups in total. The minimum Gasteiger partial charge on any atom is -0.452 e. The van der Waals surface area contributed by atoms with Crippen molar-refractivity contribution in [2.75, 3.05) is 0 Å². The lowest BCUT2D eigenvalue weighted by Gasteiger charge is -2.30. The van der Waals surface area contributed by atoms with Crippen LogP contribution in [0, 0.1) is 0 Å². The van der Waals surface area contributed by atoms with Gasteiger partial charge in [-0.15, -0.1) is 0 Å². The number of carbonyl (C=O) groups excluding carboxylic acids is 1. The quantitative estimate of drug-likeness (QED) is 0.694. The van der Waals surface area contributed by atoms with Gasteiger partial charge >= 0.3 is 6.09 Å². The molecule has 1 aromatic rings. The number of hydrogen-bond acceptors (Lipinski definition) is 4. The molecule has 5 nitrogen and oxygen atoms in total. The van der Waals surface area contributed by atoms with Crippen molar-refractivity contribution < 1.29 is 13.9 Å². The molecule has 2 rings (SSSR count). The molecule has 1 aromatic heterocycles. The summed E-state index contributed by atoms with van der Waals surface area (Å²) in [5.41, 5.74) is -0.450. The van der Waals surface area contributed by atoms with Crippen LogP contribution in [0.25, 0.3) is 0 Å². The predicted octanol–water partition coefficient (Wildman–Crippen LogP) is 4.73. The molecule has 130 valence electrons. The maximum atomic E-state index is 11.8. The van der Waals surface area contributed by atoms with E-state index < -0.39 is 5.60 Å². The van der Waals surface area contributed by atoms with Crippen LogP contribution in [0.1, 0.15) is 52.2 Å². The number of alkyl carbamates (subject to hydrolysis) is 1. The van der Waals surface area contributed by atoms with Crippen molar-refractivity contribution in [1.82, 2.24) is 10.6 Å². The molecule has 1 aliphatic carbocycles. The van der Waals surface area contributed by atoms with Crippen molar-refractivity contribution in [2.24, 2.45) is 0 Å².